The first-order chi connectivity index (χ1) is 6.68. The van der Waals surface area contributed by atoms with E-state index in [1.54, 1.807) is 6.07 Å². The number of nitrogens with two attached hydrogens (primary N) is 1. The molecule has 0 unspecified atom stereocenters. The zero-order valence-electron chi connectivity index (χ0n) is 7.59. The molecule has 0 radical (unpaired) electrons. The van der Waals surface area contributed by atoms with E-state index in [2.05, 4.69) is 10.3 Å². The Labute approximate surface area is 80.3 Å². The minimum absolute atomic E-state index is 0.0347. The number of hydrogen-bond acceptors (Lipinski definition) is 3. The average Bonchev–Trinajstić information content (AvgIpc) is 2.16. The number of amides is 1. The van der Waals surface area contributed by atoms with Gasteiger partial charge >= 0.3 is 0 Å². The number of fused-ring (bicyclic) bond motifs is 1. The van der Waals surface area contributed by atoms with Gasteiger partial charge in [0.25, 0.3) is 11.5 Å². The van der Waals surface area contributed by atoms with Gasteiger partial charge in [0.05, 0.1) is 0 Å². The summed E-state index contributed by atoms with van der Waals surface area (Å²) in [7, 11) is 0. The molecule has 1 aliphatic rings. The number of nitrogens with one attached hydrogen (secondary N) is 2. The average molecular weight is 193 g/mol. The van der Waals surface area contributed by atoms with Crippen LogP contribution in [0.2, 0.25) is 0 Å². The van der Waals surface area contributed by atoms with E-state index in [-0.39, 0.29) is 5.56 Å². The molecule has 0 spiro atoms. The van der Waals surface area contributed by atoms with Crippen LogP contribution in [0.5, 0.6) is 0 Å². The first kappa shape index (κ1) is 8.96. The maximum Gasteiger partial charge on any atom is 0.261 e. The van der Waals surface area contributed by atoms with Gasteiger partial charge in [-0.25, -0.2) is 0 Å². The zero-order valence-corrected chi connectivity index (χ0v) is 7.59. The molecule has 1 amide bonds. The molecule has 5 heteroatoms. The largest absolute Gasteiger partial charge is 0.365 e. The van der Waals surface area contributed by atoms with E-state index >= 15 is 0 Å². The van der Waals surface area contributed by atoms with E-state index in [1.807, 2.05) is 0 Å². The molecule has 0 aromatic carbocycles. The molecule has 2 heterocycles. The highest BCUT2D eigenvalue weighted by molar-refractivity contribution is 5.92. The Kier molecular flexibility index (Phi) is 2.09. The number of carbonyl (C=O) groups is 1. The molecule has 5 nitrogen and oxygen atoms in total. The number of rotatable bonds is 1. The number of aromatic amines is 1. The summed E-state index contributed by atoms with van der Waals surface area (Å²) in [6, 6.07) is 1.57. The van der Waals surface area contributed by atoms with Crippen LogP contribution < -0.4 is 16.6 Å². The molecule has 0 aliphatic carbocycles. The van der Waals surface area contributed by atoms with E-state index in [0.29, 0.717) is 6.54 Å². The first-order valence-corrected chi connectivity index (χ1v) is 4.44. The summed E-state index contributed by atoms with van der Waals surface area (Å²) >= 11 is 0. The molecular formula is C9H11N3O2. The Morgan fingerprint density at radius 3 is 3.00 bits per heavy atom. The van der Waals surface area contributed by atoms with E-state index in [9.17, 15) is 9.59 Å². The number of H-pyrrole nitrogens is 1. The van der Waals surface area contributed by atoms with Crippen LogP contribution in [0.15, 0.2) is 10.9 Å². The summed E-state index contributed by atoms with van der Waals surface area (Å²) in [4.78, 5) is 24.9. The van der Waals surface area contributed by atoms with E-state index < -0.39 is 11.5 Å². The highest BCUT2D eigenvalue weighted by Crippen LogP contribution is 2.09. The topological polar surface area (TPSA) is 88.0 Å². The summed E-state index contributed by atoms with van der Waals surface area (Å²) in [6.07, 6.45) is 0.781. The van der Waals surface area contributed by atoms with Crippen molar-refractivity contribution in [2.45, 2.75) is 13.0 Å². The van der Waals surface area contributed by atoms with Crippen molar-refractivity contribution in [1.29, 1.82) is 0 Å². The van der Waals surface area contributed by atoms with Crippen molar-refractivity contribution in [3.05, 3.63) is 33.2 Å². The van der Waals surface area contributed by atoms with Crippen molar-refractivity contribution in [3.63, 3.8) is 0 Å². The molecule has 2 rings (SSSR count). The second-order valence-corrected chi connectivity index (χ2v) is 3.31. The number of pyridine rings is 1. The van der Waals surface area contributed by atoms with Gasteiger partial charge in [-0.05, 0) is 11.6 Å². The number of aromatic nitrogens is 1. The van der Waals surface area contributed by atoms with Crippen molar-refractivity contribution < 1.29 is 4.79 Å². The second-order valence-electron chi connectivity index (χ2n) is 3.31. The lowest BCUT2D eigenvalue weighted by atomic mass is 10.1. The highest BCUT2D eigenvalue weighted by Gasteiger charge is 2.14. The summed E-state index contributed by atoms with van der Waals surface area (Å²) in [5.41, 5.74) is 6.56. The van der Waals surface area contributed by atoms with Crippen LogP contribution in [-0.4, -0.2) is 17.4 Å². The fourth-order valence-electron chi connectivity index (χ4n) is 1.61. The first-order valence-electron chi connectivity index (χ1n) is 4.44. The molecule has 74 valence electrons. The Balaban J connectivity index is 2.56. The third-order valence-corrected chi connectivity index (χ3v) is 2.35. The highest BCUT2D eigenvalue weighted by atomic mass is 16.2. The Morgan fingerprint density at radius 2 is 2.29 bits per heavy atom. The summed E-state index contributed by atoms with van der Waals surface area (Å²) in [6.45, 7) is 1.52. The predicted molar refractivity (Wildman–Crippen MR) is 51.0 cm³/mol. The molecule has 1 aliphatic heterocycles. The smallest absolute Gasteiger partial charge is 0.261 e. The van der Waals surface area contributed by atoms with Gasteiger partial charge in [-0.2, -0.15) is 0 Å². The van der Waals surface area contributed by atoms with Crippen LogP contribution in [0.4, 0.5) is 0 Å². The maximum absolute atomic E-state index is 11.4. The van der Waals surface area contributed by atoms with Crippen molar-refractivity contribution in [2.24, 2.45) is 5.73 Å². The van der Waals surface area contributed by atoms with Crippen LogP contribution in [0.3, 0.4) is 0 Å². The lowest BCUT2D eigenvalue weighted by molar-refractivity contribution is 0.0998. The third-order valence-electron chi connectivity index (χ3n) is 2.35. The lowest BCUT2D eigenvalue weighted by Crippen LogP contribution is -2.31. The van der Waals surface area contributed by atoms with Crippen LogP contribution in [0, 0.1) is 0 Å². The van der Waals surface area contributed by atoms with Crippen LogP contribution in [0.25, 0.3) is 0 Å². The Morgan fingerprint density at radius 1 is 1.50 bits per heavy atom. The van der Waals surface area contributed by atoms with Gasteiger partial charge in [-0.3, -0.25) is 9.59 Å². The summed E-state index contributed by atoms with van der Waals surface area (Å²) in [5.74, 6) is -0.681. The minimum atomic E-state index is -0.681. The normalized spacial score (nSPS) is 14.9. The van der Waals surface area contributed by atoms with E-state index in [0.717, 1.165) is 24.2 Å². The van der Waals surface area contributed by atoms with Gasteiger partial charge in [0.15, 0.2) is 0 Å². The molecule has 0 atom stereocenters. The molecule has 0 saturated heterocycles. The fourth-order valence-corrected chi connectivity index (χ4v) is 1.61. The second kappa shape index (κ2) is 3.26. The number of carbonyl (C=O) groups excluding carboxylic acids is 1. The molecule has 0 fully saturated rings. The predicted octanol–water partition coefficient (Wildman–Crippen LogP) is -0.881. The zero-order chi connectivity index (χ0) is 10.1. The van der Waals surface area contributed by atoms with Crippen molar-refractivity contribution in [1.82, 2.24) is 10.3 Å². The lowest BCUT2D eigenvalue weighted by Gasteiger charge is -2.16. The monoisotopic (exact) mass is 193 g/mol. The number of primary amides is 1. The Hall–Kier alpha value is -1.62. The molecule has 4 N–H and O–H groups in total. The quantitative estimate of drug-likeness (QED) is 0.541. The molecule has 14 heavy (non-hydrogen) atoms. The molecule has 0 bridgehead atoms. The van der Waals surface area contributed by atoms with E-state index in [1.165, 1.54) is 0 Å². The standard InChI is InChI=1S/C9H11N3O2/c10-8(13)6-3-5-4-11-2-1-7(5)12-9(6)14/h3,11H,1-2,4H2,(H2,10,13)(H,12,14). The van der Waals surface area contributed by atoms with Gasteiger partial charge < -0.3 is 16.0 Å². The van der Waals surface area contributed by atoms with Crippen molar-refractivity contribution >= 4 is 5.91 Å². The molecule has 0 saturated carbocycles. The van der Waals surface area contributed by atoms with Gasteiger partial charge in [-0.15, -0.1) is 0 Å². The van der Waals surface area contributed by atoms with Gasteiger partial charge in [0, 0.05) is 25.2 Å². The Bertz CT molecular complexity index is 436. The van der Waals surface area contributed by atoms with Gasteiger partial charge in [0.2, 0.25) is 0 Å². The van der Waals surface area contributed by atoms with Crippen LogP contribution in [0.1, 0.15) is 21.6 Å². The van der Waals surface area contributed by atoms with Crippen LogP contribution in [-0.2, 0) is 13.0 Å². The van der Waals surface area contributed by atoms with E-state index in [4.69, 9.17) is 5.73 Å². The molecule has 1 aromatic heterocycles. The van der Waals surface area contributed by atoms with Crippen molar-refractivity contribution in [2.75, 3.05) is 6.54 Å². The van der Waals surface area contributed by atoms with Gasteiger partial charge in [-0.1, -0.05) is 0 Å². The molecule has 1 aromatic rings. The SMILES string of the molecule is NC(=O)c1cc2c([nH]c1=O)CCNC2. The number of hydrogen-bond donors (Lipinski definition) is 3. The van der Waals surface area contributed by atoms with Gasteiger partial charge in [0.1, 0.15) is 5.56 Å². The summed E-state index contributed by atoms with van der Waals surface area (Å²) < 4.78 is 0. The maximum atomic E-state index is 11.4. The fraction of sp³-hybridized carbons (Fsp3) is 0.333. The molecular weight excluding hydrogens is 182 g/mol. The summed E-state index contributed by atoms with van der Waals surface area (Å²) in [5, 5.41) is 3.15. The van der Waals surface area contributed by atoms with Crippen molar-refractivity contribution in [3.8, 4) is 0 Å². The van der Waals surface area contributed by atoms with Crippen LogP contribution >= 0.6 is 0 Å². The minimum Gasteiger partial charge on any atom is -0.365 e. The third kappa shape index (κ3) is 1.42.